The average molecular weight is 365 g/mol. The van der Waals surface area contributed by atoms with Gasteiger partial charge in [-0.3, -0.25) is 9.59 Å². The molecule has 0 fully saturated rings. The van der Waals surface area contributed by atoms with Crippen LogP contribution in [0.2, 0.25) is 0 Å². The van der Waals surface area contributed by atoms with Crippen molar-refractivity contribution in [1.29, 1.82) is 5.26 Å². The monoisotopic (exact) mass is 365 g/mol. The number of hydrogen-bond donors (Lipinski definition) is 2. The van der Waals surface area contributed by atoms with Gasteiger partial charge in [-0.05, 0) is 56.2 Å². The smallest absolute Gasteiger partial charge is 0.239 e. The fourth-order valence-corrected chi connectivity index (χ4v) is 2.39. The Bertz CT molecular complexity index is 852. The molecule has 0 heterocycles. The minimum atomic E-state index is -1.25. The number of hydrogen-bond acceptors (Lipinski definition) is 4. The molecule has 0 aromatic heterocycles. The largest absolute Gasteiger partial charge is 0.497 e. The molecule has 2 aromatic rings. The van der Waals surface area contributed by atoms with Gasteiger partial charge < -0.3 is 15.4 Å². The van der Waals surface area contributed by atoms with Crippen LogP contribution in [0.25, 0.3) is 0 Å². The maximum Gasteiger partial charge on any atom is 0.239 e. The van der Waals surface area contributed by atoms with Gasteiger partial charge in [-0.25, -0.2) is 0 Å². The highest BCUT2D eigenvalue weighted by molar-refractivity contribution is 6.09. The summed E-state index contributed by atoms with van der Waals surface area (Å²) in [4.78, 5) is 25.0. The standard InChI is InChI=1S/C21H23N3O3/c1-21(2,20(26)24-17-6-4-5-16(13-17)14-22)19(25)23-12-11-15-7-9-18(27-3)10-8-15/h4-10,13H,11-12H2,1-3H3,(H,23,25)(H,24,26). The van der Waals surface area contributed by atoms with Gasteiger partial charge in [-0.1, -0.05) is 18.2 Å². The van der Waals surface area contributed by atoms with Gasteiger partial charge in [-0.2, -0.15) is 5.26 Å². The number of nitrogens with one attached hydrogen (secondary N) is 2. The lowest BCUT2D eigenvalue weighted by molar-refractivity contribution is -0.138. The molecule has 0 aliphatic heterocycles. The van der Waals surface area contributed by atoms with E-state index in [4.69, 9.17) is 10.00 Å². The van der Waals surface area contributed by atoms with E-state index >= 15 is 0 Å². The number of carbonyl (C=O) groups excluding carboxylic acids is 2. The van der Waals surface area contributed by atoms with Crippen molar-refractivity contribution >= 4 is 17.5 Å². The van der Waals surface area contributed by atoms with Crippen LogP contribution in [0.3, 0.4) is 0 Å². The highest BCUT2D eigenvalue weighted by atomic mass is 16.5. The van der Waals surface area contributed by atoms with Crippen LogP contribution in [0.15, 0.2) is 48.5 Å². The number of anilines is 1. The topological polar surface area (TPSA) is 91.2 Å². The van der Waals surface area contributed by atoms with E-state index in [2.05, 4.69) is 10.6 Å². The van der Waals surface area contributed by atoms with Crippen molar-refractivity contribution in [3.63, 3.8) is 0 Å². The molecule has 6 nitrogen and oxygen atoms in total. The molecule has 0 saturated heterocycles. The number of ether oxygens (including phenoxy) is 1. The Morgan fingerprint density at radius 1 is 1.11 bits per heavy atom. The van der Waals surface area contributed by atoms with Gasteiger partial charge in [-0.15, -0.1) is 0 Å². The van der Waals surface area contributed by atoms with Crippen LogP contribution in [0, 0.1) is 16.7 Å². The number of nitriles is 1. The molecule has 2 aromatic carbocycles. The Morgan fingerprint density at radius 2 is 1.81 bits per heavy atom. The maximum absolute atomic E-state index is 12.5. The lowest BCUT2D eigenvalue weighted by Crippen LogP contribution is -2.45. The average Bonchev–Trinajstić information content (AvgIpc) is 2.68. The molecule has 0 atom stereocenters. The number of methoxy groups -OCH3 is 1. The van der Waals surface area contributed by atoms with Crippen LogP contribution < -0.4 is 15.4 Å². The first kappa shape index (κ1) is 20.0. The quantitative estimate of drug-likeness (QED) is 0.738. The van der Waals surface area contributed by atoms with Crippen molar-refractivity contribution in [1.82, 2.24) is 5.32 Å². The summed E-state index contributed by atoms with van der Waals surface area (Å²) in [5.74, 6) is -0.00876. The fraction of sp³-hybridized carbons (Fsp3) is 0.286. The maximum atomic E-state index is 12.5. The van der Waals surface area contributed by atoms with E-state index in [-0.39, 0.29) is 5.91 Å². The van der Waals surface area contributed by atoms with Crippen LogP contribution in [0.1, 0.15) is 25.0 Å². The van der Waals surface area contributed by atoms with Crippen LogP contribution in [-0.4, -0.2) is 25.5 Å². The van der Waals surface area contributed by atoms with Gasteiger partial charge in [0.25, 0.3) is 0 Å². The van der Waals surface area contributed by atoms with E-state index in [1.54, 1.807) is 45.2 Å². The Balaban J connectivity index is 1.90. The van der Waals surface area contributed by atoms with Gasteiger partial charge in [0.2, 0.25) is 11.8 Å². The molecule has 2 amide bonds. The molecule has 0 radical (unpaired) electrons. The van der Waals surface area contributed by atoms with Crippen molar-refractivity contribution in [3.8, 4) is 11.8 Å². The van der Waals surface area contributed by atoms with Crippen LogP contribution in [-0.2, 0) is 16.0 Å². The third-order valence-corrected chi connectivity index (χ3v) is 4.24. The number of rotatable bonds is 7. The lowest BCUT2D eigenvalue weighted by Gasteiger charge is -2.22. The van der Waals surface area contributed by atoms with Crippen molar-refractivity contribution in [3.05, 3.63) is 59.7 Å². The number of carbonyl (C=O) groups is 2. The molecule has 0 spiro atoms. The Hall–Kier alpha value is -3.33. The van der Waals surface area contributed by atoms with Gasteiger partial charge in [0.05, 0.1) is 18.7 Å². The first-order valence-corrected chi connectivity index (χ1v) is 8.59. The molecule has 0 aliphatic carbocycles. The minimum Gasteiger partial charge on any atom is -0.497 e. The highest BCUT2D eigenvalue weighted by Crippen LogP contribution is 2.20. The van der Waals surface area contributed by atoms with Crippen molar-refractivity contribution < 1.29 is 14.3 Å². The molecule has 140 valence electrons. The molecular formula is C21H23N3O3. The predicted octanol–water partition coefficient (Wildman–Crippen LogP) is 2.89. The summed E-state index contributed by atoms with van der Waals surface area (Å²) in [5, 5.41) is 14.4. The zero-order valence-electron chi connectivity index (χ0n) is 15.7. The summed E-state index contributed by atoms with van der Waals surface area (Å²) in [6.45, 7) is 3.56. The van der Waals surface area contributed by atoms with Crippen molar-refractivity contribution in [2.24, 2.45) is 5.41 Å². The summed E-state index contributed by atoms with van der Waals surface area (Å²) in [5.41, 5.74) is 0.738. The Morgan fingerprint density at radius 3 is 2.44 bits per heavy atom. The molecule has 0 aliphatic rings. The van der Waals surface area contributed by atoms with Gasteiger partial charge in [0, 0.05) is 12.2 Å². The zero-order valence-corrected chi connectivity index (χ0v) is 15.7. The molecular weight excluding hydrogens is 342 g/mol. The number of amides is 2. The van der Waals surface area contributed by atoms with E-state index in [0.29, 0.717) is 24.2 Å². The van der Waals surface area contributed by atoms with Crippen molar-refractivity contribution in [2.75, 3.05) is 19.0 Å². The summed E-state index contributed by atoms with van der Waals surface area (Å²) in [7, 11) is 1.61. The van der Waals surface area contributed by atoms with Crippen LogP contribution in [0.5, 0.6) is 5.75 Å². The Kier molecular flexibility index (Phi) is 6.56. The minimum absolute atomic E-state index is 0.357. The second-order valence-electron chi connectivity index (χ2n) is 6.63. The lowest BCUT2D eigenvalue weighted by atomic mass is 9.90. The predicted molar refractivity (Wildman–Crippen MR) is 103 cm³/mol. The molecule has 6 heteroatoms. The van der Waals surface area contributed by atoms with E-state index in [1.165, 1.54) is 0 Å². The summed E-state index contributed by atoms with van der Waals surface area (Å²) in [6, 6.07) is 16.2. The summed E-state index contributed by atoms with van der Waals surface area (Å²) in [6.07, 6.45) is 0.650. The van der Waals surface area contributed by atoms with Gasteiger partial charge in [0.1, 0.15) is 11.2 Å². The van der Waals surface area contributed by atoms with E-state index in [0.717, 1.165) is 11.3 Å². The fourth-order valence-electron chi connectivity index (χ4n) is 2.39. The summed E-state index contributed by atoms with van der Waals surface area (Å²) < 4.78 is 5.11. The zero-order chi connectivity index (χ0) is 19.9. The third-order valence-electron chi connectivity index (χ3n) is 4.24. The Labute approximate surface area is 159 Å². The van der Waals surface area contributed by atoms with E-state index in [9.17, 15) is 9.59 Å². The van der Waals surface area contributed by atoms with Gasteiger partial charge in [0.15, 0.2) is 0 Å². The highest BCUT2D eigenvalue weighted by Gasteiger charge is 2.35. The first-order chi connectivity index (χ1) is 12.9. The third kappa shape index (κ3) is 5.32. The molecule has 2 rings (SSSR count). The van der Waals surface area contributed by atoms with Crippen molar-refractivity contribution in [2.45, 2.75) is 20.3 Å². The number of nitrogens with zero attached hydrogens (tertiary/aromatic N) is 1. The van der Waals surface area contributed by atoms with E-state index < -0.39 is 11.3 Å². The molecule has 0 unspecified atom stereocenters. The normalized spacial score (nSPS) is 10.6. The van der Waals surface area contributed by atoms with Gasteiger partial charge >= 0.3 is 0 Å². The molecule has 0 saturated carbocycles. The van der Waals surface area contributed by atoms with Crippen LogP contribution in [0.4, 0.5) is 5.69 Å². The van der Waals surface area contributed by atoms with Crippen LogP contribution >= 0.6 is 0 Å². The summed E-state index contributed by atoms with van der Waals surface area (Å²) >= 11 is 0. The SMILES string of the molecule is COc1ccc(CCNC(=O)C(C)(C)C(=O)Nc2cccc(C#N)c2)cc1. The first-order valence-electron chi connectivity index (χ1n) is 8.59. The van der Waals surface area contributed by atoms with E-state index in [1.807, 2.05) is 30.3 Å². The second-order valence-corrected chi connectivity index (χ2v) is 6.63. The molecule has 27 heavy (non-hydrogen) atoms. The molecule has 0 bridgehead atoms. The number of benzene rings is 2. The molecule has 2 N–H and O–H groups in total. The second kappa shape index (κ2) is 8.86.